The molecule has 0 aliphatic carbocycles. The molecule has 1 fully saturated rings. The number of hydrogen-bond acceptors (Lipinski definition) is 3. The molecule has 0 unspecified atom stereocenters. The lowest BCUT2D eigenvalue weighted by molar-refractivity contribution is -0.0198. The van der Waals surface area contributed by atoms with Gasteiger partial charge in [0.2, 0.25) is 0 Å². The summed E-state index contributed by atoms with van der Waals surface area (Å²) in [6.45, 7) is 10.2. The molecular weight excluding hydrogens is 176 g/mol. The third-order valence-electron chi connectivity index (χ3n) is 2.86. The summed E-state index contributed by atoms with van der Waals surface area (Å²) in [6.07, 6.45) is 1.64. The first-order chi connectivity index (χ1) is 6.35. The van der Waals surface area contributed by atoms with Gasteiger partial charge in [0.1, 0.15) is 0 Å². The van der Waals surface area contributed by atoms with Crippen molar-refractivity contribution in [2.24, 2.45) is 11.1 Å². The molecule has 14 heavy (non-hydrogen) atoms. The third-order valence-corrected chi connectivity index (χ3v) is 2.86. The van der Waals surface area contributed by atoms with Gasteiger partial charge in [-0.15, -0.1) is 0 Å². The molecule has 0 aromatic rings. The molecule has 0 radical (unpaired) electrons. The van der Waals surface area contributed by atoms with E-state index < -0.39 is 5.60 Å². The molecule has 1 heterocycles. The van der Waals surface area contributed by atoms with Crippen LogP contribution in [0.3, 0.4) is 0 Å². The first kappa shape index (κ1) is 12.0. The Labute approximate surface area is 87.3 Å². The molecule has 3 N–H and O–H groups in total. The maximum Gasteiger partial charge on any atom is 0.0793 e. The van der Waals surface area contributed by atoms with Gasteiger partial charge in [-0.2, -0.15) is 0 Å². The number of hydrogen-bond donors (Lipinski definition) is 2. The van der Waals surface area contributed by atoms with Crippen LogP contribution in [-0.2, 0) is 0 Å². The summed E-state index contributed by atoms with van der Waals surface area (Å²) < 4.78 is 0. The van der Waals surface area contributed by atoms with Gasteiger partial charge in [0.05, 0.1) is 5.60 Å². The van der Waals surface area contributed by atoms with E-state index in [1.165, 1.54) is 0 Å². The summed E-state index contributed by atoms with van der Waals surface area (Å²) >= 11 is 0. The predicted molar refractivity (Wildman–Crippen MR) is 59.1 cm³/mol. The summed E-state index contributed by atoms with van der Waals surface area (Å²) in [7, 11) is 0. The minimum Gasteiger partial charge on any atom is -0.388 e. The van der Waals surface area contributed by atoms with Crippen LogP contribution in [0.1, 0.15) is 33.6 Å². The fourth-order valence-electron chi connectivity index (χ4n) is 2.00. The number of aliphatic hydroxyl groups is 1. The summed E-state index contributed by atoms with van der Waals surface area (Å²) in [6, 6.07) is 0. The van der Waals surface area contributed by atoms with Crippen molar-refractivity contribution in [3.05, 3.63) is 0 Å². The Hall–Kier alpha value is -0.120. The summed E-state index contributed by atoms with van der Waals surface area (Å²) in [4.78, 5) is 2.42. The second-order valence-electron chi connectivity index (χ2n) is 5.77. The predicted octanol–water partition coefficient (Wildman–Crippen LogP) is 0.818. The van der Waals surface area contributed by atoms with Crippen LogP contribution in [-0.4, -0.2) is 41.8 Å². The van der Waals surface area contributed by atoms with E-state index in [1.807, 2.05) is 0 Å². The van der Waals surface area contributed by atoms with Crippen LogP contribution >= 0.6 is 0 Å². The first-order valence-corrected chi connectivity index (χ1v) is 5.49. The maximum atomic E-state index is 9.94. The maximum absolute atomic E-state index is 9.94. The van der Waals surface area contributed by atoms with Crippen molar-refractivity contribution < 1.29 is 5.11 Å². The average molecular weight is 200 g/mol. The summed E-state index contributed by atoms with van der Waals surface area (Å²) in [5.74, 6) is 0. The number of rotatable bonds is 2. The molecule has 3 nitrogen and oxygen atoms in total. The molecule has 0 atom stereocenters. The van der Waals surface area contributed by atoms with E-state index in [4.69, 9.17) is 5.73 Å². The highest BCUT2D eigenvalue weighted by Crippen LogP contribution is 2.24. The van der Waals surface area contributed by atoms with Crippen molar-refractivity contribution in [3.8, 4) is 0 Å². The fraction of sp³-hybridized carbons (Fsp3) is 1.00. The average Bonchev–Trinajstić information content (AvgIpc) is 2.07. The van der Waals surface area contributed by atoms with Crippen LogP contribution in [0.2, 0.25) is 0 Å². The topological polar surface area (TPSA) is 49.5 Å². The van der Waals surface area contributed by atoms with Crippen molar-refractivity contribution in [2.45, 2.75) is 39.2 Å². The molecule has 0 spiro atoms. The number of piperidine rings is 1. The smallest absolute Gasteiger partial charge is 0.0793 e. The van der Waals surface area contributed by atoms with Crippen LogP contribution in [0.5, 0.6) is 0 Å². The molecule has 0 amide bonds. The van der Waals surface area contributed by atoms with Gasteiger partial charge >= 0.3 is 0 Å². The van der Waals surface area contributed by atoms with E-state index in [9.17, 15) is 5.11 Å². The molecule has 84 valence electrons. The number of nitrogens with zero attached hydrogens (tertiary/aromatic N) is 1. The van der Waals surface area contributed by atoms with E-state index in [-0.39, 0.29) is 0 Å². The quantitative estimate of drug-likeness (QED) is 0.694. The van der Waals surface area contributed by atoms with Gasteiger partial charge in [-0.3, -0.25) is 0 Å². The van der Waals surface area contributed by atoms with Crippen molar-refractivity contribution in [1.82, 2.24) is 4.90 Å². The van der Waals surface area contributed by atoms with E-state index in [0.29, 0.717) is 12.0 Å². The zero-order valence-electron chi connectivity index (χ0n) is 9.71. The Morgan fingerprint density at radius 2 is 1.79 bits per heavy atom. The SMILES string of the molecule is CC(C)(C)CN1CCC(O)(CN)CC1. The molecule has 1 aliphatic heterocycles. The highest BCUT2D eigenvalue weighted by atomic mass is 16.3. The Balaban J connectivity index is 2.36. The fourth-order valence-corrected chi connectivity index (χ4v) is 2.00. The van der Waals surface area contributed by atoms with Crippen molar-refractivity contribution in [1.29, 1.82) is 0 Å². The van der Waals surface area contributed by atoms with Crippen LogP contribution in [0.4, 0.5) is 0 Å². The summed E-state index contributed by atoms with van der Waals surface area (Å²) in [5.41, 5.74) is 5.30. The van der Waals surface area contributed by atoms with Gasteiger partial charge in [0.25, 0.3) is 0 Å². The normalized spacial score (nSPS) is 23.8. The van der Waals surface area contributed by atoms with E-state index in [2.05, 4.69) is 25.7 Å². The first-order valence-electron chi connectivity index (χ1n) is 5.49. The third kappa shape index (κ3) is 3.56. The van der Waals surface area contributed by atoms with Crippen LogP contribution in [0.25, 0.3) is 0 Å². The Morgan fingerprint density at radius 1 is 1.29 bits per heavy atom. The molecule has 1 rings (SSSR count). The second-order valence-corrected chi connectivity index (χ2v) is 5.77. The standard InChI is InChI=1S/C11H24N2O/c1-10(2,3)9-13-6-4-11(14,8-12)5-7-13/h14H,4-9,12H2,1-3H3. The zero-order chi connectivity index (χ0) is 10.8. The molecular formula is C11H24N2O. The lowest BCUT2D eigenvalue weighted by Crippen LogP contribution is -2.50. The highest BCUT2D eigenvalue weighted by Gasteiger charge is 2.31. The van der Waals surface area contributed by atoms with Crippen molar-refractivity contribution in [2.75, 3.05) is 26.2 Å². The van der Waals surface area contributed by atoms with E-state index in [1.54, 1.807) is 0 Å². The zero-order valence-corrected chi connectivity index (χ0v) is 9.71. The van der Waals surface area contributed by atoms with Gasteiger partial charge in [-0.05, 0) is 18.3 Å². The highest BCUT2D eigenvalue weighted by molar-refractivity contribution is 4.87. The molecule has 0 saturated carbocycles. The molecule has 3 heteroatoms. The Kier molecular flexibility index (Phi) is 3.56. The lowest BCUT2D eigenvalue weighted by atomic mass is 9.89. The van der Waals surface area contributed by atoms with Crippen LogP contribution < -0.4 is 5.73 Å². The number of nitrogens with two attached hydrogens (primary N) is 1. The van der Waals surface area contributed by atoms with Gasteiger partial charge < -0.3 is 15.7 Å². The lowest BCUT2D eigenvalue weighted by Gasteiger charge is -2.39. The summed E-state index contributed by atoms with van der Waals surface area (Å²) in [5, 5.41) is 9.94. The van der Waals surface area contributed by atoms with Crippen LogP contribution in [0, 0.1) is 5.41 Å². The minimum absolute atomic E-state index is 0.345. The molecule has 0 bridgehead atoms. The van der Waals surface area contributed by atoms with E-state index >= 15 is 0 Å². The largest absolute Gasteiger partial charge is 0.388 e. The van der Waals surface area contributed by atoms with Gasteiger partial charge in [-0.1, -0.05) is 20.8 Å². The van der Waals surface area contributed by atoms with Crippen molar-refractivity contribution >= 4 is 0 Å². The van der Waals surface area contributed by atoms with Gasteiger partial charge in [0, 0.05) is 26.2 Å². The Morgan fingerprint density at radius 3 is 2.14 bits per heavy atom. The molecule has 1 aliphatic rings. The Bertz CT molecular complexity index is 178. The van der Waals surface area contributed by atoms with E-state index in [0.717, 1.165) is 32.5 Å². The molecule has 0 aromatic heterocycles. The molecule has 1 saturated heterocycles. The monoisotopic (exact) mass is 200 g/mol. The second kappa shape index (κ2) is 4.17. The van der Waals surface area contributed by atoms with Gasteiger partial charge in [-0.25, -0.2) is 0 Å². The number of likely N-dealkylation sites (tertiary alicyclic amines) is 1. The molecule has 0 aromatic carbocycles. The van der Waals surface area contributed by atoms with Crippen molar-refractivity contribution in [3.63, 3.8) is 0 Å². The van der Waals surface area contributed by atoms with Gasteiger partial charge in [0.15, 0.2) is 0 Å². The van der Waals surface area contributed by atoms with Crippen LogP contribution in [0.15, 0.2) is 0 Å². The minimum atomic E-state index is -0.589.